The number of amides is 1. The van der Waals surface area contributed by atoms with Gasteiger partial charge in [0.15, 0.2) is 9.84 Å². The third-order valence-corrected chi connectivity index (χ3v) is 5.55. The van der Waals surface area contributed by atoms with Crippen LogP contribution >= 0.6 is 11.8 Å². The standard InChI is InChI=1S/C11H22N2O3S2/c1-8(2)6-9(12)11(14)13-4-5-17-7-10(13)18(3,15)16/h8-10H,4-7,12H2,1-3H3/t9-,10?/m1/s1. The first-order chi connectivity index (χ1) is 8.23. The van der Waals surface area contributed by atoms with Crippen LogP contribution in [0.5, 0.6) is 0 Å². The Morgan fingerprint density at radius 3 is 2.61 bits per heavy atom. The fourth-order valence-electron chi connectivity index (χ4n) is 2.01. The highest BCUT2D eigenvalue weighted by atomic mass is 32.2. The van der Waals surface area contributed by atoms with Gasteiger partial charge in [-0.25, -0.2) is 8.42 Å². The van der Waals surface area contributed by atoms with Crippen LogP contribution in [0.15, 0.2) is 0 Å². The summed E-state index contributed by atoms with van der Waals surface area (Å²) >= 11 is 1.56. The highest BCUT2D eigenvalue weighted by molar-refractivity contribution is 8.00. The average molecular weight is 294 g/mol. The van der Waals surface area contributed by atoms with Gasteiger partial charge in [-0.1, -0.05) is 13.8 Å². The van der Waals surface area contributed by atoms with Crippen molar-refractivity contribution in [2.75, 3.05) is 24.3 Å². The number of carbonyl (C=O) groups is 1. The molecule has 1 heterocycles. The Labute approximate surface area is 113 Å². The monoisotopic (exact) mass is 294 g/mol. The lowest BCUT2D eigenvalue weighted by Gasteiger charge is -2.35. The van der Waals surface area contributed by atoms with Crippen LogP contribution in [0.1, 0.15) is 20.3 Å². The zero-order valence-corrected chi connectivity index (χ0v) is 12.8. The number of hydrogen-bond acceptors (Lipinski definition) is 5. The number of sulfone groups is 1. The predicted octanol–water partition coefficient (Wildman–Crippen LogP) is 0.306. The van der Waals surface area contributed by atoms with E-state index in [4.69, 9.17) is 5.73 Å². The van der Waals surface area contributed by atoms with E-state index in [2.05, 4.69) is 0 Å². The summed E-state index contributed by atoms with van der Waals surface area (Å²) in [5, 5.41) is -0.720. The zero-order valence-electron chi connectivity index (χ0n) is 11.1. The maximum Gasteiger partial charge on any atom is 0.240 e. The van der Waals surface area contributed by atoms with Gasteiger partial charge in [0.25, 0.3) is 0 Å². The second-order valence-corrected chi connectivity index (χ2v) is 8.48. The van der Waals surface area contributed by atoms with E-state index >= 15 is 0 Å². The van der Waals surface area contributed by atoms with E-state index in [0.29, 0.717) is 24.6 Å². The molecule has 1 aliphatic heterocycles. The van der Waals surface area contributed by atoms with Crippen molar-refractivity contribution in [3.63, 3.8) is 0 Å². The maximum absolute atomic E-state index is 12.2. The summed E-state index contributed by atoms with van der Waals surface area (Å²) in [5.41, 5.74) is 5.86. The van der Waals surface area contributed by atoms with Crippen LogP contribution in [-0.4, -0.2) is 54.9 Å². The molecule has 7 heteroatoms. The van der Waals surface area contributed by atoms with E-state index < -0.39 is 21.3 Å². The molecule has 0 radical (unpaired) electrons. The molecule has 0 aromatic carbocycles. The highest BCUT2D eigenvalue weighted by Crippen LogP contribution is 2.21. The number of thioether (sulfide) groups is 1. The smallest absolute Gasteiger partial charge is 0.240 e. The van der Waals surface area contributed by atoms with Gasteiger partial charge < -0.3 is 10.6 Å². The third-order valence-electron chi connectivity index (χ3n) is 2.90. The molecule has 18 heavy (non-hydrogen) atoms. The van der Waals surface area contributed by atoms with E-state index in [1.54, 1.807) is 11.8 Å². The maximum atomic E-state index is 12.2. The Kier molecular flexibility index (Phi) is 5.48. The van der Waals surface area contributed by atoms with Crippen LogP contribution in [0.2, 0.25) is 0 Å². The Morgan fingerprint density at radius 2 is 2.11 bits per heavy atom. The van der Waals surface area contributed by atoms with Gasteiger partial charge in [-0.15, -0.1) is 0 Å². The van der Waals surface area contributed by atoms with Crippen LogP contribution < -0.4 is 5.73 Å². The lowest BCUT2D eigenvalue weighted by molar-refractivity contribution is -0.133. The zero-order chi connectivity index (χ0) is 13.9. The van der Waals surface area contributed by atoms with Crippen molar-refractivity contribution in [1.82, 2.24) is 4.90 Å². The average Bonchev–Trinajstić information content (AvgIpc) is 2.26. The molecule has 2 atom stereocenters. The molecule has 1 rings (SSSR count). The molecule has 0 aromatic rings. The van der Waals surface area contributed by atoms with Crippen molar-refractivity contribution in [2.45, 2.75) is 31.7 Å². The molecule has 1 unspecified atom stereocenters. The predicted molar refractivity (Wildman–Crippen MR) is 75.1 cm³/mol. The lowest BCUT2D eigenvalue weighted by Crippen LogP contribution is -2.55. The Balaban J connectivity index is 2.81. The summed E-state index contributed by atoms with van der Waals surface area (Å²) in [6.45, 7) is 4.45. The minimum atomic E-state index is -3.25. The lowest BCUT2D eigenvalue weighted by atomic mass is 10.0. The molecule has 1 saturated heterocycles. The van der Waals surface area contributed by atoms with Crippen molar-refractivity contribution in [2.24, 2.45) is 11.7 Å². The molecule has 5 nitrogen and oxygen atoms in total. The van der Waals surface area contributed by atoms with Gasteiger partial charge in [-0.3, -0.25) is 4.79 Å². The van der Waals surface area contributed by atoms with Crippen LogP contribution in [0.25, 0.3) is 0 Å². The first kappa shape index (κ1) is 15.8. The molecule has 0 bridgehead atoms. The number of rotatable bonds is 4. The van der Waals surface area contributed by atoms with Gasteiger partial charge in [-0.2, -0.15) is 11.8 Å². The summed E-state index contributed by atoms with van der Waals surface area (Å²) in [5.74, 6) is 1.30. The minimum Gasteiger partial charge on any atom is -0.323 e. The minimum absolute atomic E-state index is 0.237. The quantitative estimate of drug-likeness (QED) is 0.807. The van der Waals surface area contributed by atoms with Crippen LogP contribution in [0.3, 0.4) is 0 Å². The van der Waals surface area contributed by atoms with E-state index in [1.807, 2.05) is 13.8 Å². The molecule has 0 spiro atoms. The molecule has 0 aromatic heterocycles. The summed E-state index contributed by atoms with van der Waals surface area (Å²) in [6.07, 6.45) is 1.76. The van der Waals surface area contributed by atoms with E-state index in [0.717, 1.165) is 5.75 Å². The normalized spacial score (nSPS) is 23.2. The van der Waals surface area contributed by atoms with Gasteiger partial charge >= 0.3 is 0 Å². The van der Waals surface area contributed by atoms with Crippen molar-refractivity contribution >= 4 is 27.5 Å². The van der Waals surface area contributed by atoms with Crippen LogP contribution in [-0.2, 0) is 14.6 Å². The molecule has 2 N–H and O–H groups in total. The van der Waals surface area contributed by atoms with Gasteiger partial charge in [0.2, 0.25) is 5.91 Å². The third kappa shape index (κ3) is 4.13. The number of nitrogens with zero attached hydrogens (tertiary/aromatic N) is 1. The Hall–Kier alpha value is -0.270. The fraction of sp³-hybridized carbons (Fsp3) is 0.909. The van der Waals surface area contributed by atoms with Crippen LogP contribution in [0.4, 0.5) is 0 Å². The fourth-order valence-corrected chi connectivity index (χ4v) is 4.83. The van der Waals surface area contributed by atoms with E-state index in [1.165, 1.54) is 11.2 Å². The van der Waals surface area contributed by atoms with Crippen molar-refractivity contribution in [3.05, 3.63) is 0 Å². The summed E-state index contributed by atoms with van der Waals surface area (Å²) in [4.78, 5) is 13.7. The Bertz CT molecular complexity index is 395. The molecule has 106 valence electrons. The highest BCUT2D eigenvalue weighted by Gasteiger charge is 2.36. The second-order valence-electron chi connectivity index (χ2n) is 5.13. The van der Waals surface area contributed by atoms with E-state index in [9.17, 15) is 13.2 Å². The first-order valence-electron chi connectivity index (χ1n) is 6.06. The summed E-state index contributed by atoms with van der Waals surface area (Å²) in [7, 11) is -3.25. The van der Waals surface area contributed by atoms with Gasteiger partial charge in [-0.05, 0) is 12.3 Å². The topological polar surface area (TPSA) is 80.5 Å². The second kappa shape index (κ2) is 6.25. The largest absolute Gasteiger partial charge is 0.323 e. The SMILES string of the molecule is CC(C)C[C@@H](N)C(=O)N1CCSCC1S(C)(=O)=O. The molecule has 0 aliphatic carbocycles. The number of hydrogen-bond donors (Lipinski definition) is 1. The number of nitrogens with two attached hydrogens (primary N) is 1. The first-order valence-corrected chi connectivity index (χ1v) is 9.17. The number of carbonyl (C=O) groups excluding carboxylic acids is 1. The van der Waals surface area contributed by atoms with Crippen LogP contribution in [0, 0.1) is 5.92 Å². The van der Waals surface area contributed by atoms with Crippen molar-refractivity contribution < 1.29 is 13.2 Å². The molecule has 1 fully saturated rings. The molecule has 1 amide bonds. The van der Waals surface area contributed by atoms with Gasteiger partial charge in [0.05, 0.1) is 6.04 Å². The van der Waals surface area contributed by atoms with E-state index in [-0.39, 0.29) is 5.91 Å². The summed E-state index contributed by atoms with van der Waals surface area (Å²) < 4.78 is 23.4. The Morgan fingerprint density at radius 1 is 1.50 bits per heavy atom. The molecular weight excluding hydrogens is 272 g/mol. The molecule has 0 saturated carbocycles. The van der Waals surface area contributed by atoms with Gasteiger partial charge in [0.1, 0.15) is 5.37 Å². The van der Waals surface area contributed by atoms with Crippen molar-refractivity contribution in [1.29, 1.82) is 0 Å². The summed E-state index contributed by atoms with van der Waals surface area (Å²) in [6, 6.07) is -0.600. The van der Waals surface area contributed by atoms with Gasteiger partial charge in [0, 0.05) is 24.3 Å². The molecular formula is C11H22N2O3S2. The molecule has 1 aliphatic rings. The van der Waals surface area contributed by atoms with Crippen molar-refractivity contribution in [3.8, 4) is 0 Å².